The molecule has 0 atom stereocenters. The smallest absolute Gasteiger partial charge is 0.281 e. The Balaban J connectivity index is 1.37. The molecule has 0 saturated carbocycles. The van der Waals surface area contributed by atoms with Crippen molar-refractivity contribution in [2.24, 2.45) is 10.9 Å². The van der Waals surface area contributed by atoms with Crippen LogP contribution in [0, 0.1) is 0 Å². The van der Waals surface area contributed by atoms with E-state index in [1.54, 1.807) is 48.7 Å². The molecule has 4 aromatic rings. The summed E-state index contributed by atoms with van der Waals surface area (Å²) >= 11 is 15.6. The Morgan fingerprint density at radius 1 is 0.947 bits per heavy atom. The summed E-state index contributed by atoms with van der Waals surface area (Å²) in [4.78, 5) is 39.1. The molecule has 1 aromatic carbocycles. The van der Waals surface area contributed by atoms with Crippen LogP contribution in [0.2, 0.25) is 10.0 Å². The number of halogens is 2. The Bertz CT molecular complexity index is 1560. The monoisotopic (exact) mass is 607 g/mol. The number of aromatic hydroxyl groups is 1. The highest BCUT2D eigenvalue weighted by molar-refractivity contribution is 7.16. The minimum atomic E-state index is -0.497. The van der Waals surface area contributed by atoms with Gasteiger partial charge in [0.2, 0.25) is 0 Å². The Morgan fingerprint density at radius 2 is 1.63 bits per heavy atom. The lowest BCUT2D eigenvalue weighted by Crippen LogP contribution is -2.29. The number of hydrazone groups is 1. The van der Waals surface area contributed by atoms with E-state index in [9.17, 15) is 19.5 Å². The van der Waals surface area contributed by atoms with E-state index in [1.807, 2.05) is 0 Å². The van der Waals surface area contributed by atoms with Gasteiger partial charge in [-0.3, -0.25) is 19.8 Å². The Labute approximate surface area is 238 Å². The zero-order chi connectivity index (χ0) is 27.4. The highest BCUT2D eigenvalue weighted by Gasteiger charge is 2.17. The third-order valence-corrected chi connectivity index (χ3v) is 9.08. The highest BCUT2D eigenvalue weighted by Crippen LogP contribution is 2.40. The van der Waals surface area contributed by atoms with Gasteiger partial charge in [0.1, 0.15) is 5.75 Å². The molecule has 196 valence electrons. The summed E-state index contributed by atoms with van der Waals surface area (Å²) < 4.78 is 0. The number of nitrogens with zero attached hydrogens (tertiary/aromatic N) is 1. The maximum atomic E-state index is 12.6. The number of nitrogens with one attached hydrogen (secondary N) is 3. The molecule has 3 aromatic heterocycles. The molecule has 6 N–H and O–H groups in total. The van der Waals surface area contributed by atoms with E-state index in [-0.39, 0.29) is 23.1 Å². The zero-order valence-corrected chi connectivity index (χ0v) is 23.5. The number of hydrazine groups is 1. The van der Waals surface area contributed by atoms with E-state index in [4.69, 9.17) is 29.0 Å². The van der Waals surface area contributed by atoms with Gasteiger partial charge in [-0.1, -0.05) is 29.3 Å². The van der Waals surface area contributed by atoms with Crippen LogP contribution >= 0.6 is 57.2 Å². The van der Waals surface area contributed by atoms with E-state index >= 15 is 0 Å². The van der Waals surface area contributed by atoms with Crippen molar-refractivity contribution in [1.82, 2.24) is 16.2 Å². The van der Waals surface area contributed by atoms with Gasteiger partial charge in [-0.05, 0) is 48.9 Å². The second-order valence-corrected chi connectivity index (χ2v) is 11.6. The first-order valence-corrected chi connectivity index (χ1v) is 14.0. The van der Waals surface area contributed by atoms with Crippen molar-refractivity contribution in [2.45, 2.75) is 13.5 Å². The van der Waals surface area contributed by atoms with Gasteiger partial charge in [-0.2, -0.15) is 5.10 Å². The van der Waals surface area contributed by atoms with Gasteiger partial charge >= 0.3 is 0 Å². The van der Waals surface area contributed by atoms with E-state index < -0.39 is 11.8 Å². The fraction of sp³-hybridized carbons (Fsp3) is 0.0833. The highest BCUT2D eigenvalue weighted by atomic mass is 35.5. The van der Waals surface area contributed by atoms with Crippen molar-refractivity contribution in [3.05, 3.63) is 83.0 Å². The van der Waals surface area contributed by atoms with E-state index in [0.717, 1.165) is 16.2 Å². The molecule has 38 heavy (non-hydrogen) atoms. The summed E-state index contributed by atoms with van der Waals surface area (Å²) in [6.45, 7) is 1.87. The molecule has 0 saturated heterocycles. The zero-order valence-electron chi connectivity index (χ0n) is 19.5. The molecule has 4 rings (SSSR count). The maximum Gasteiger partial charge on any atom is 0.281 e. The minimum absolute atomic E-state index is 0.0143. The fourth-order valence-electron chi connectivity index (χ4n) is 3.20. The predicted octanol–water partition coefficient (Wildman–Crippen LogP) is 5.24. The molecule has 9 nitrogen and oxygen atoms in total. The van der Waals surface area contributed by atoms with Crippen LogP contribution in [0.5, 0.6) is 5.75 Å². The number of nitrogen functional groups attached to an aromatic ring is 1. The first-order valence-electron chi connectivity index (χ1n) is 10.8. The molecular weight excluding hydrogens is 589 g/mol. The van der Waals surface area contributed by atoms with Crippen LogP contribution in [0.1, 0.15) is 46.4 Å². The van der Waals surface area contributed by atoms with Crippen molar-refractivity contribution >= 4 is 80.6 Å². The molecule has 0 aliphatic heterocycles. The number of hydrogen-bond acceptors (Lipinski definition) is 9. The quantitative estimate of drug-likeness (QED) is 0.0804. The summed E-state index contributed by atoms with van der Waals surface area (Å²) in [5, 5.41) is 20.1. The predicted molar refractivity (Wildman–Crippen MR) is 153 cm³/mol. The molecule has 0 aliphatic carbocycles. The summed E-state index contributed by atoms with van der Waals surface area (Å²) in [6.07, 6.45) is 0. The average Bonchev–Trinajstić information content (AvgIpc) is 3.67. The molecule has 0 spiro atoms. The molecule has 0 bridgehead atoms. The third kappa shape index (κ3) is 6.23. The van der Waals surface area contributed by atoms with Gasteiger partial charge < -0.3 is 10.4 Å². The van der Waals surface area contributed by atoms with Crippen LogP contribution in [0.15, 0.2) is 52.9 Å². The lowest BCUT2D eigenvalue weighted by Gasteiger charge is -2.04. The second kappa shape index (κ2) is 12.1. The molecule has 0 radical (unpaired) electrons. The largest absolute Gasteiger partial charge is 0.506 e. The van der Waals surface area contributed by atoms with Gasteiger partial charge in [0.25, 0.3) is 17.7 Å². The lowest BCUT2D eigenvalue weighted by molar-refractivity contribution is 0.0949. The number of carbonyl (C=O) groups excluding carboxylic acids is 3. The topological polar surface area (TPSA) is 146 Å². The number of thiophene rings is 3. The van der Waals surface area contributed by atoms with Crippen LogP contribution in [0.3, 0.4) is 0 Å². The van der Waals surface area contributed by atoms with E-state index in [2.05, 4.69) is 21.3 Å². The number of rotatable bonds is 8. The van der Waals surface area contributed by atoms with Gasteiger partial charge in [0.15, 0.2) is 0 Å². The van der Waals surface area contributed by atoms with Crippen molar-refractivity contribution in [1.29, 1.82) is 0 Å². The molecule has 0 aliphatic rings. The number of carbonyl (C=O) groups is 3. The van der Waals surface area contributed by atoms with Crippen LogP contribution in [0.25, 0.3) is 10.4 Å². The third-order valence-electron chi connectivity index (χ3n) is 5.15. The first-order chi connectivity index (χ1) is 18.2. The van der Waals surface area contributed by atoms with Crippen LogP contribution in [0.4, 0.5) is 0 Å². The number of nitrogens with two attached hydrogens (primary N) is 1. The van der Waals surface area contributed by atoms with Crippen LogP contribution in [-0.2, 0) is 6.54 Å². The minimum Gasteiger partial charge on any atom is -0.506 e. The summed E-state index contributed by atoms with van der Waals surface area (Å²) in [5.74, 6) is 3.88. The first kappa shape index (κ1) is 27.8. The van der Waals surface area contributed by atoms with E-state index in [1.165, 1.54) is 28.7 Å². The number of benzene rings is 1. The van der Waals surface area contributed by atoms with Crippen molar-refractivity contribution in [3.63, 3.8) is 0 Å². The van der Waals surface area contributed by atoms with Crippen molar-refractivity contribution in [3.8, 4) is 16.2 Å². The fourth-order valence-corrected chi connectivity index (χ4v) is 6.17. The Hall–Kier alpha value is -3.26. The summed E-state index contributed by atoms with van der Waals surface area (Å²) in [5.41, 5.74) is 6.07. The normalized spacial score (nSPS) is 11.3. The second-order valence-electron chi connectivity index (χ2n) is 7.68. The van der Waals surface area contributed by atoms with Crippen molar-refractivity contribution < 1.29 is 19.5 Å². The van der Waals surface area contributed by atoms with Gasteiger partial charge in [-0.25, -0.2) is 11.3 Å². The molecule has 3 heterocycles. The molecular formula is C24H19Cl2N5O4S3. The van der Waals surface area contributed by atoms with Crippen molar-refractivity contribution in [2.75, 3.05) is 0 Å². The number of hydrogen-bond donors (Lipinski definition) is 5. The number of amides is 3. The molecule has 0 fully saturated rings. The lowest BCUT2D eigenvalue weighted by atomic mass is 10.1. The van der Waals surface area contributed by atoms with Gasteiger partial charge in [0.05, 0.1) is 47.4 Å². The average molecular weight is 609 g/mol. The van der Waals surface area contributed by atoms with Crippen LogP contribution in [-0.4, -0.2) is 28.5 Å². The summed E-state index contributed by atoms with van der Waals surface area (Å²) in [7, 11) is 0. The summed E-state index contributed by atoms with van der Waals surface area (Å²) in [6, 6.07) is 11.5. The Kier molecular flexibility index (Phi) is 8.82. The van der Waals surface area contributed by atoms with Gasteiger partial charge in [-0.15, -0.1) is 34.0 Å². The maximum absolute atomic E-state index is 12.6. The molecule has 0 unspecified atom stereocenters. The molecule has 3 amide bonds. The Morgan fingerprint density at radius 3 is 2.34 bits per heavy atom. The standard InChI is InChI=1S/C24H19Cl2N5O4S3/c1-11(14-10-36-21(20(14)32)12-2-4-15(25)16(26)8-12)30-31-24(35)19-7-6-17(38-19)22(33)28-9-13-3-5-18(37-13)23(34)29-27/h2-8,10,32H,9,27H2,1H3,(H,28,33)(H,29,34)(H,31,35)/b30-11-. The SMILES string of the molecule is C/C(=N/NC(=O)c1ccc(C(=O)NCc2ccc(C(=O)NN)s2)s1)c1csc(-c2ccc(Cl)c(Cl)c2)c1O. The van der Waals surface area contributed by atoms with E-state index in [0.29, 0.717) is 41.5 Å². The van der Waals surface area contributed by atoms with Gasteiger partial charge in [0, 0.05) is 10.3 Å². The van der Waals surface area contributed by atoms with Crippen LogP contribution < -0.4 is 22.0 Å². The molecule has 14 heteroatoms.